The van der Waals surface area contributed by atoms with Crippen LogP contribution in [-0.2, 0) is 50.1 Å². The van der Waals surface area contributed by atoms with Gasteiger partial charge in [0.2, 0.25) is 0 Å². The normalized spacial score (nSPS) is 20.3. The molecular formula is C35H36O7. The second kappa shape index (κ2) is 15.4. The quantitative estimate of drug-likeness (QED) is 0.188. The summed E-state index contributed by atoms with van der Waals surface area (Å²) in [6.07, 6.45) is -1.48. The van der Waals surface area contributed by atoms with Gasteiger partial charge in [-0.3, -0.25) is 0 Å². The lowest BCUT2D eigenvalue weighted by molar-refractivity contribution is -0.281. The monoisotopic (exact) mass is 568 g/mol. The predicted molar refractivity (Wildman–Crippen MR) is 158 cm³/mol. The highest BCUT2D eigenvalue weighted by Crippen LogP contribution is 2.29. The van der Waals surface area contributed by atoms with Crippen molar-refractivity contribution in [2.75, 3.05) is 6.61 Å². The molecule has 4 atom stereocenters. The maximum atomic E-state index is 11.7. The first-order chi connectivity index (χ1) is 20.7. The van der Waals surface area contributed by atoms with Gasteiger partial charge in [-0.1, -0.05) is 109 Å². The summed E-state index contributed by atoms with van der Waals surface area (Å²) in [6, 6.07) is 36.8. The molecule has 4 aromatic rings. The summed E-state index contributed by atoms with van der Waals surface area (Å²) in [4.78, 5) is 11.7. The Balaban J connectivity index is 1.33. The summed E-state index contributed by atoms with van der Waals surface area (Å²) in [6.45, 7) is 1.59. The van der Waals surface area contributed by atoms with Gasteiger partial charge >= 0.3 is 5.97 Å². The van der Waals surface area contributed by atoms with Crippen molar-refractivity contribution in [2.45, 2.75) is 57.5 Å². The molecule has 0 bridgehead atoms. The summed E-state index contributed by atoms with van der Waals surface area (Å²) in [7, 11) is 0. The second-order valence-electron chi connectivity index (χ2n) is 10.2. The SMILES string of the molecule is O=C(O)c1ccccc1CO[C@@H]1C[C@@H](OCc2ccccc2)[C@H](OCc2ccccc2)[C@@H](COCc2ccccc2)O1. The van der Waals surface area contributed by atoms with E-state index in [2.05, 4.69) is 0 Å². The van der Waals surface area contributed by atoms with Crippen molar-refractivity contribution >= 4 is 5.97 Å². The third-order valence-electron chi connectivity index (χ3n) is 7.14. The van der Waals surface area contributed by atoms with E-state index in [4.69, 9.17) is 23.7 Å². The van der Waals surface area contributed by atoms with Crippen molar-refractivity contribution in [2.24, 2.45) is 0 Å². The van der Waals surface area contributed by atoms with Crippen molar-refractivity contribution in [3.63, 3.8) is 0 Å². The lowest BCUT2D eigenvalue weighted by atomic mass is 10.0. The van der Waals surface area contributed by atoms with Gasteiger partial charge in [0.05, 0.1) is 44.7 Å². The Hall–Kier alpha value is -3.85. The standard InChI is InChI=1S/C35H36O7/c36-35(37)30-19-11-10-18-29(30)24-40-33-20-31(39-22-27-14-6-2-7-15-27)34(41-23-28-16-8-3-9-17-28)32(42-33)25-38-21-26-12-4-1-5-13-26/h1-19,31-34H,20-25H2,(H,36,37)/t31-,32-,33+,34+/m1/s1. The molecule has 0 aliphatic carbocycles. The van der Waals surface area contributed by atoms with E-state index in [1.165, 1.54) is 0 Å². The number of aromatic carboxylic acids is 1. The van der Waals surface area contributed by atoms with Gasteiger partial charge in [0.1, 0.15) is 12.2 Å². The molecule has 0 amide bonds. The zero-order valence-corrected chi connectivity index (χ0v) is 23.4. The van der Waals surface area contributed by atoms with Crippen LogP contribution in [0, 0.1) is 0 Å². The van der Waals surface area contributed by atoms with Crippen LogP contribution in [0.1, 0.15) is 39.0 Å². The highest BCUT2D eigenvalue weighted by Gasteiger charge is 2.41. The van der Waals surface area contributed by atoms with E-state index < -0.39 is 24.5 Å². The smallest absolute Gasteiger partial charge is 0.336 e. The molecule has 5 rings (SSSR count). The second-order valence-corrected chi connectivity index (χ2v) is 10.2. The molecule has 1 heterocycles. The minimum absolute atomic E-state index is 0.0890. The first-order valence-corrected chi connectivity index (χ1v) is 14.2. The van der Waals surface area contributed by atoms with Crippen molar-refractivity contribution in [1.82, 2.24) is 0 Å². The Morgan fingerprint density at radius 1 is 0.667 bits per heavy atom. The van der Waals surface area contributed by atoms with Crippen LogP contribution in [0.25, 0.3) is 0 Å². The Labute approximate surface area is 246 Å². The van der Waals surface area contributed by atoms with Crippen molar-refractivity contribution in [3.05, 3.63) is 143 Å². The lowest BCUT2D eigenvalue weighted by Gasteiger charge is -2.41. The summed E-state index contributed by atoms with van der Waals surface area (Å²) in [5.41, 5.74) is 3.94. The molecule has 7 nitrogen and oxygen atoms in total. The number of carboxylic acid groups (broad SMARTS) is 1. The Kier molecular flexibility index (Phi) is 10.9. The molecule has 42 heavy (non-hydrogen) atoms. The fraction of sp³-hybridized carbons (Fsp3) is 0.286. The topological polar surface area (TPSA) is 83.5 Å². The van der Waals surface area contributed by atoms with E-state index in [9.17, 15) is 9.90 Å². The fourth-order valence-corrected chi connectivity index (χ4v) is 4.96. The van der Waals surface area contributed by atoms with E-state index in [0.717, 1.165) is 16.7 Å². The van der Waals surface area contributed by atoms with Gasteiger partial charge in [-0.15, -0.1) is 0 Å². The number of hydrogen-bond acceptors (Lipinski definition) is 6. The molecule has 1 aliphatic rings. The number of carbonyl (C=O) groups is 1. The minimum atomic E-state index is -0.996. The van der Waals surface area contributed by atoms with Gasteiger partial charge < -0.3 is 28.8 Å². The van der Waals surface area contributed by atoms with E-state index in [0.29, 0.717) is 31.8 Å². The molecule has 7 heteroatoms. The van der Waals surface area contributed by atoms with Crippen LogP contribution in [0.2, 0.25) is 0 Å². The van der Waals surface area contributed by atoms with E-state index >= 15 is 0 Å². The van der Waals surface area contributed by atoms with Crippen molar-refractivity contribution < 1.29 is 33.6 Å². The largest absolute Gasteiger partial charge is 0.478 e. The van der Waals surface area contributed by atoms with Crippen LogP contribution >= 0.6 is 0 Å². The highest BCUT2D eigenvalue weighted by molar-refractivity contribution is 5.89. The molecule has 1 fully saturated rings. The van der Waals surface area contributed by atoms with Crippen molar-refractivity contribution in [3.8, 4) is 0 Å². The molecule has 218 valence electrons. The zero-order chi connectivity index (χ0) is 29.0. The maximum Gasteiger partial charge on any atom is 0.336 e. The molecular weight excluding hydrogens is 532 g/mol. The Morgan fingerprint density at radius 3 is 1.83 bits per heavy atom. The molecule has 0 saturated carbocycles. The number of carboxylic acids is 1. The summed E-state index contributed by atoms with van der Waals surface area (Å²) < 4.78 is 31.7. The summed E-state index contributed by atoms with van der Waals surface area (Å²) in [5.74, 6) is -0.996. The minimum Gasteiger partial charge on any atom is -0.478 e. The highest BCUT2D eigenvalue weighted by atomic mass is 16.7. The Morgan fingerprint density at radius 2 is 1.21 bits per heavy atom. The lowest BCUT2D eigenvalue weighted by Crippen LogP contribution is -2.53. The van der Waals surface area contributed by atoms with Crippen LogP contribution < -0.4 is 0 Å². The number of rotatable bonds is 14. The molecule has 0 aromatic heterocycles. The first-order valence-electron chi connectivity index (χ1n) is 14.2. The Bertz CT molecular complexity index is 1360. The summed E-state index contributed by atoms with van der Waals surface area (Å²) in [5, 5.41) is 9.60. The number of ether oxygens (including phenoxy) is 5. The van der Waals surface area contributed by atoms with Gasteiger partial charge in [-0.25, -0.2) is 4.79 Å². The number of hydrogen-bond donors (Lipinski definition) is 1. The third kappa shape index (κ3) is 8.58. The van der Waals surface area contributed by atoms with Crippen LogP contribution in [0.4, 0.5) is 0 Å². The molecule has 1 aliphatic heterocycles. The number of benzene rings is 4. The average Bonchev–Trinajstić information content (AvgIpc) is 3.04. The van der Waals surface area contributed by atoms with Gasteiger partial charge in [0, 0.05) is 6.42 Å². The van der Waals surface area contributed by atoms with Gasteiger partial charge in [0.25, 0.3) is 0 Å². The third-order valence-corrected chi connectivity index (χ3v) is 7.14. The van der Waals surface area contributed by atoms with E-state index in [1.807, 2.05) is 91.0 Å². The maximum absolute atomic E-state index is 11.7. The predicted octanol–water partition coefficient (Wildman–Crippen LogP) is 6.40. The van der Waals surface area contributed by atoms with Crippen LogP contribution in [0.15, 0.2) is 115 Å². The molecule has 4 aromatic carbocycles. The molecule has 1 N–H and O–H groups in total. The molecule has 0 spiro atoms. The van der Waals surface area contributed by atoms with Crippen molar-refractivity contribution in [1.29, 1.82) is 0 Å². The first kappa shape index (κ1) is 29.6. The zero-order valence-electron chi connectivity index (χ0n) is 23.4. The summed E-state index contributed by atoms with van der Waals surface area (Å²) >= 11 is 0. The van der Waals surface area contributed by atoms with Crippen LogP contribution in [0.5, 0.6) is 0 Å². The molecule has 0 radical (unpaired) electrons. The van der Waals surface area contributed by atoms with Crippen LogP contribution in [0.3, 0.4) is 0 Å². The van der Waals surface area contributed by atoms with Crippen LogP contribution in [-0.4, -0.2) is 42.3 Å². The average molecular weight is 569 g/mol. The molecule has 1 saturated heterocycles. The molecule has 0 unspecified atom stereocenters. The van der Waals surface area contributed by atoms with E-state index in [1.54, 1.807) is 24.3 Å². The van der Waals surface area contributed by atoms with Gasteiger partial charge in [-0.05, 0) is 28.3 Å². The van der Waals surface area contributed by atoms with Gasteiger partial charge in [0.15, 0.2) is 6.29 Å². The van der Waals surface area contributed by atoms with Gasteiger partial charge in [-0.2, -0.15) is 0 Å². The fourth-order valence-electron chi connectivity index (χ4n) is 4.96. The van der Waals surface area contributed by atoms with E-state index in [-0.39, 0.29) is 24.9 Å².